The molecule has 17 heavy (non-hydrogen) atoms. The van der Waals surface area contributed by atoms with Crippen molar-refractivity contribution in [2.45, 2.75) is 36.6 Å². The zero-order chi connectivity index (χ0) is 11.7. The average molecular weight is 297 g/mol. The Morgan fingerprint density at radius 1 is 1.24 bits per heavy atom. The van der Waals surface area contributed by atoms with Crippen molar-refractivity contribution in [1.29, 1.82) is 0 Å². The van der Waals surface area contributed by atoms with Crippen molar-refractivity contribution >= 4 is 15.9 Å². The van der Waals surface area contributed by atoms with Gasteiger partial charge in [-0.3, -0.25) is 0 Å². The number of hydrogen-bond acceptors (Lipinski definition) is 2. The Balaban J connectivity index is 1.78. The van der Waals surface area contributed by atoms with Crippen LogP contribution in [-0.4, -0.2) is 19.3 Å². The van der Waals surface area contributed by atoms with Gasteiger partial charge < -0.3 is 9.47 Å². The fraction of sp³-hybridized carbons (Fsp3) is 0.571. The Labute approximate surface area is 110 Å². The molecule has 1 aromatic rings. The number of hydrogen-bond donors (Lipinski definition) is 0. The van der Waals surface area contributed by atoms with Crippen LogP contribution in [0.4, 0.5) is 0 Å². The quantitative estimate of drug-likeness (QED) is 0.776. The first-order chi connectivity index (χ1) is 8.34. The third-order valence-corrected chi connectivity index (χ3v) is 4.69. The Morgan fingerprint density at radius 3 is 3.00 bits per heavy atom. The highest BCUT2D eigenvalue weighted by Crippen LogP contribution is 2.36. The van der Waals surface area contributed by atoms with Gasteiger partial charge in [0.25, 0.3) is 0 Å². The summed E-state index contributed by atoms with van der Waals surface area (Å²) in [5.74, 6) is 1.05. The van der Waals surface area contributed by atoms with E-state index >= 15 is 0 Å². The van der Waals surface area contributed by atoms with E-state index in [1.54, 1.807) is 0 Å². The van der Waals surface area contributed by atoms with Gasteiger partial charge in [-0.1, -0.05) is 28.1 Å². The van der Waals surface area contributed by atoms with Crippen LogP contribution in [0.25, 0.3) is 0 Å². The van der Waals surface area contributed by atoms with E-state index in [0.717, 1.165) is 31.8 Å². The number of fused-ring (bicyclic) bond motifs is 1. The third kappa shape index (κ3) is 2.36. The van der Waals surface area contributed by atoms with Gasteiger partial charge in [0.1, 0.15) is 5.75 Å². The fourth-order valence-corrected chi connectivity index (χ4v) is 3.29. The minimum atomic E-state index is 0.314. The molecule has 2 aliphatic rings. The zero-order valence-electron chi connectivity index (χ0n) is 9.82. The van der Waals surface area contributed by atoms with Crippen LogP contribution < -0.4 is 4.74 Å². The molecule has 0 aromatic heterocycles. The van der Waals surface area contributed by atoms with Gasteiger partial charge in [-0.15, -0.1) is 0 Å². The molecule has 1 fully saturated rings. The van der Waals surface area contributed by atoms with E-state index in [-0.39, 0.29) is 0 Å². The lowest BCUT2D eigenvalue weighted by atomic mass is 9.99. The Hall–Kier alpha value is -0.540. The molecular formula is C14H17BrO2. The summed E-state index contributed by atoms with van der Waals surface area (Å²) in [6.07, 6.45) is 5.00. The topological polar surface area (TPSA) is 18.5 Å². The van der Waals surface area contributed by atoms with Crippen molar-refractivity contribution < 1.29 is 9.47 Å². The Morgan fingerprint density at radius 2 is 2.18 bits per heavy atom. The van der Waals surface area contributed by atoms with Crippen LogP contribution in [0.15, 0.2) is 18.2 Å². The van der Waals surface area contributed by atoms with Crippen molar-refractivity contribution in [2.75, 3.05) is 13.2 Å². The molecular weight excluding hydrogens is 280 g/mol. The molecule has 0 aliphatic carbocycles. The molecule has 2 aliphatic heterocycles. The van der Waals surface area contributed by atoms with Crippen molar-refractivity contribution in [1.82, 2.24) is 0 Å². The van der Waals surface area contributed by atoms with Gasteiger partial charge >= 0.3 is 0 Å². The molecule has 1 saturated heterocycles. The van der Waals surface area contributed by atoms with E-state index in [2.05, 4.69) is 34.1 Å². The molecule has 2 nitrogen and oxygen atoms in total. The summed E-state index contributed by atoms with van der Waals surface area (Å²) in [4.78, 5) is 0.314. The highest BCUT2D eigenvalue weighted by atomic mass is 79.9. The molecule has 0 radical (unpaired) electrons. The fourth-order valence-electron chi connectivity index (χ4n) is 2.59. The second kappa shape index (κ2) is 4.99. The predicted octanol–water partition coefficient (Wildman–Crippen LogP) is 3.63. The molecule has 3 heteroatoms. The van der Waals surface area contributed by atoms with Gasteiger partial charge in [0, 0.05) is 13.0 Å². The average Bonchev–Trinajstić information content (AvgIpc) is 2.86. The molecule has 0 spiro atoms. The highest BCUT2D eigenvalue weighted by molar-refractivity contribution is 9.09. The first-order valence-electron chi connectivity index (χ1n) is 6.36. The number of ether oxygens (including phenoxy) is 2. The normalized spacial score (nSPS) is 25.1. The number of alkyl halides is 1. The molecule has 2 unspecified atom stereocenters. The maximum absolute atomic E-state index is 5.84. The zero-order valence-corrected chi connectivity index (χ0v) is 11.4. The van der Waals surface area contributed by atoms with Gasteiger partial charge in [-0.05, 0) is 36.5 Å². The number of benzene rings is 1. The largest absolute Gasteiger partial charge is 0.493 e. The first kappa shape index (κ1) is 11.5. The summed E-state index contributed by atoms with van der Waals surface area (Å²) in [6, 6.07) is 6.51. The number of halogens is 1. The van der Waals surface area contributed by atoms with Crippen molar-refractivity contribution in [2.24, 2.45) is 0 Å². The van der Waals surface area contributed by atoms with Crippen LogP contribution in [0.3, 0.4) is 0 Å². The van der Waals surface area contributed by atoms with Crippen LogP contribution in [0.2, 0.25) is 0 Å². The lowest BCUT2D eigenvalue weighted by Gasteiger charge is -2.27. The smallest absolute Gasteiger partial charge is 0.122 e. The second-order valence-corrected chi connectivity index (χ2v) is 5.76. The van der Waals surface area contributed by atoms with Gasteiger partial charge in [0.15, 0.2) is 0 Å². The summed E-state index contributed by atoms with van der Waals surface area (Å²) in [6.45, 7) is 1.73. The molecule has 0 bridgehead atoms. The van der Waals surface area contributed by atoms with E-state index in [4.69, 9.17) is 9.47 Å². The monoisotopic (exact) mass is 296 g/mol. The standard InChI is InChI=1S/C14H17BrO2/c15-14(13-3-1-2-7-16-13)11-4-5-12-10(9-11)6-8-17-12/h4-5,9,13-14H,1-3,6-8H2. The summed E-state index contributed by atoms with van der Waals surface area (Å²) in [5.41, 5.74) is 2.66. The lowest BCUT2D eigenvalue weighted by Crippen LogP contribution is -2.23. The molecule has 3 rings (SSSR count). The summed E-state index contributed by atoms with van der Waals surface area (Å²) >= 11 is 3.79. The Kier molecular flexibility index (Phi) is 3.39. The van der Waals surface area contributed by atoms with Crippen molar-refractivity contribution in [3.63, 3.8) is 0 Å². The highest BCUT2D eigenvalue weighted by Gasteiger charge is 2.25. The minimum Gasteiger partial charge on any atom is -0.493 e. The summed E-state index contributed by atoms with van der Waals surface area (Å²) in [5, 5.41) is 0. The van der Waals surface area contributed by atoms with Crippen molar-refractivity contribution in [3.8, 4) is 5.75 Å². The van der Waals surface area contributed by atoms with Crippen LogP contribution >= 0.6 is 15.9 Å². The van der Waals surface area contributed by atoms with E-state index < -0.39 is 0 Å². The molecule has 92 valence electrons. The molecule has 2 atom stereocenters. The first-order valence-corrected chi connectivity index (χ1v) is 7.27. The van der Waals surface area contributed by atoms with Crippen LogP contribution in [0.5, 0.6) is 5.75 Å². The Bertz CT molecular complexity index is 399. The van der Waals surface area contributed by atoms with Crippen LogP contribution in [-0.2, 0) is 11.2 Å². The summed E-state index contributed by atoms with van der Waals surface area (Å²) in [7, 11) is 0. The van der Waals surface area contributed by atoms with Crippen LogP contribution in [0, 0.1) is 0 Å². The maximum Gasteiger partial charge on any atom is 0.122 e. The SMILES string of the molecule is BrC(c1ccc2c(c1)CCO2)C1CCCCO1. The number of rotatable bonds is 2. The van der Waals surface area contributed by atoms with Crippen LogP contribution in [0.1, 0.15) is 35.2 Å². The third-order valence-electron chi connectivity index (χ3n) is 3.57. The van der Waals surface area contributed by atoms with E-state index in [1.165, 1.54) is 24.0 Å². The molecule has 0 amide bonds. The van der Waals surface area contributed by atoms with E-state index in [0.29, 0.717) is 10.9 Å². The van der Waals surface area contributed by atoms with Gasteiger partial charge in [0.2, 0.25) is 0 Å². The summed E-state index contributed by atoms with van der Waals surface area (Å²) < 4.78 is 11.4. The van der Waals surface area contributed by atoms with Gasteiger partial charge in [-0.2, -0.15) is 0 Å². The van der Waals surface area contributed by atoms with Gasteiger partial charge in [-0.25, -0.2) is 0 Å². The lowest BCUT2D eigenvalue weighted by molar-refractivity contribution is 0.0160. The molecule has 2 heterocycles. The molecule has 0 saturated carbocycles. The predicted molar refractivity (Wildman–Crippen MR) is 70.9 cm³/mol. The molecule has 1 aromatic carbocycles. The van der Waals surface area contributed by atoms with Gasteiger partial charge in [0.05, 0.1) is 17.5 Å². The van der Waals surface area contributed by atoms with E-state index in [9.17, 15) is 0 Å². The van der Waals surface area contributed by atoms with E-state index in [1.807, 2.05) is 0 Å². The minimum absolute atomic E-state index is 0.314. The van der Waals surface area contributed by atoms with Crippen molar-refractivity contribution in [3.05, 3.63) is 29.3 Å². The molecule has 0 N–H and O–H groups in total. The maximum atomic E-state index is 5.84. The second-order valence-electron chi connectivity index (χ2n) is 4.77.